The third-order valence-electron chi connectivity index (χ3n) is 4.62. The summed E-state index contributed by atoms with van der Waals surface area (Å²) >= 11 is 13.5. The lowest BCUT2D eigenvalue weighted by atomic mass is 10.0. The van der Waals surface area contributed by atoms with Crippen LogP contribution in [0.2, 0.25) is 10.0 Å². The average molecular weight is 445 g/mol. The summed E-state index contributed by atoms with van der Waals surface area (Å²) < 4.78 is 0. The highest BCUT2D eigenvalue weighted by atomic mass is 35.5. The number of rotatable bonds is 6. The zero-order chi connectivity index (χ0) is 20.2. The van der Waals surface area contributed by atoms with Crippen molar-refractivity contribution in [2.75, 3.05) is 6.54 Å². The van der Waals surface area contributed by atoms with Gasteiger partial charge in [-0.25, -0.2) is 0 Å². The number of oxime groups is 1. The molecule has 1 atom stereocenters. The molecule has 2 aromatic carbocycles. The molecule has 4 nitrogen and oxygen atoms in total. The fourth-order valence-corrected chi connectivity index (χ4v) is 4.25. The van der Waals surface area contributed by atoms with Gasteiger partial charge in [-0.2, -0.15) is 0 Å². The summed E-state index contributed by atoms with van der Waals surface area (Å²) in [5.41, 5.74) is 2.81. The molecule has 0 saturated carbocycles. The van der Waals surface area contributed by atoms with Crippen LogP contribution in [0.15, 0.2) is 71.2 Å². The number of hydrogen-bond donors (Lipinski definition) is 0. The zero-order valence-electron chi connectivity index (χ0n) is 15.4. The maximum atomic E-state index is 13.1. The number of benzene rings is 2. The van der Waals surface area contributed by atoms with E-state index in [4.69, 9.17) is 28.0 Å². The summed E-state index contributed by atoms with van der Waals surface area (Å²) in [6.45, 7) is 0.886. The van der Waals surface area contributed by atoms with Gasteiger partial charge in [0.2, 0.25) is 0 Å². The van der Waals surface area contributed by atoms with E-state index in [0.29, 0.717) is 34.4 Å². The lowest BCUT2D eigenvalue weighted by Gasteiger charge is -2.24. The van der Waals surface area contributed by atoms with Crippen LogP contribution in [0, 0.1) is 0 Å². The van der Waals surface area contributed by atoms with E-state index in [2.05, 4.69) is 5.16 Å². The maximum absolute atomic E-state index is 13.1. The first kappa shape index (κ1) is 20.0. The van der Waals surface area contributed by atoms with Gasteiger partial charge in [-0.05, 0) is 46.8 Å². The third-order valence-corrected chi connectivity index (χ3v) is 5.96. The van der Waals surface area contributed by atoms with Gasteiger partial charge in [-0.15, -0.1) is 11.3 Å². The molecule has 4 rings (SSSR count). The van der Waals surface area contributed by atoms with E-state index in [9.17, 15) is 4.79 Å². The molecule has 0 fully saturated rings. The Bertz CT molecular complexity index is 1020. The van der Waals surface area contributed by atoms with Crippen molar-refractivity contribution in [2.24, 2.45) is 5.16 Å². The fourth-order valence-electron chi connectivity index (χ4n) is 3.22. The van der Waals surface area contributed by atoms with Crippen LogP contribution in [0.4, 0.5) is 0 Å². The summed E-state index contributed by atoms with van der Waals surface area (Å²) in [5.74, 6) is -0.0245. The van der Waals surface area contributed by atoms with E-state index in [1.165, 1.54) is 11.3 Å². The van der Waals surface area contributed by atoms with Gasteiger partial charge in [0.1, 0.15) is 0 Å². The smallest absolute Gasteiger partial charge is 0.264 e. The molecular formula is C22H18Cl2N2O2S. The average Bonchev–Trinajstić information content (AvgIpc) is 3.40. The van der Waals surface area contributed by atoms with Crippen LogP contribution >= 0.6 is 34.5 Å². The van der Waals surface area contributed by atoms with Gasteiger partial charge < -0.3 is 9.74 Å². The van der Waals surface area contributed by atoms with Gasteiger partial charge in [-0.1, -0.05) is 58.7 Å². The van der Waals surface area contributed by atoms with E-state index in [0.717, 1.165) is 16.8 Å². The monoisotopic (exact) mass is 444 g/mol. The molecule has 29 heavy (non-hydrogen) atoms. The predicted octanol–water partition coefficient (Wildman–Crippen LogP) is 5.89. The summed E-state index contributed by atoms with van der Waals surface area (Å²) in [4.78, 5) is 21.2. The quantitative estimate of drug-likeness (QED) is 0.475. The number of carbonyl (C=O) groups is 1. The van der Waals surface area contributed by atoms with Crippen molar-refractivity contribution < 1.29 is 9.63 Å². The highest BCUT2D eigenvalue weighted by Gasteiger charge is 2.27. The molecule has 148 valence electrons. The molecular weight excluding hydrogens is 427 g/mol. The topological polar surface area (TPSA) is 41.9 Å². The maximum Gasteiger partial charge on any atom is 0.264 e. The van der Waals surface area contributed by atoms with Crippen LogP contribution < -0.4 is 0 Å². The minimum atomic E-state index is -0.205. The zero-order valence-corrected chi connectivity index (χ0v) is 17.8. The van der Waals surface area contributed by atoms with Crippen LogP contribution in [-0.4, -0.2) is 29.2 Å². The number of thiophene rings is 1. The van der Waals surface area contributed by atoms with E-state index in [-0.39, 0.29) is 12.0 Å². The Kier molecular flexibility index (Phi) is 6.19. The summed E-state index contributed by atoms with van der Waals surface area (Å²) in [7, 11) is 0. The molecule has 0 unspecified atom stereocenters. The van der Waals surface area contributed by atoms with Crippen molar-refractivity contribution in [3.8, 4) is 0 Å². The van der Waals surface area contributed by atoms with Crippen LogP contribution in [0.3, 0.4) is 0 Å². The molecule has 1 aliphatic heterocycles. The molecule has 0 aliphatic carbocycles. The minimum absolute atomic E-state index is 0.0245. The first-order valence-electron chi connectivity index (χ1n) is 9.14. The highest BCUT2D eigenvalue weighted by molar-refractivity contribution is 7.12. The SMILES string of the molecule is O=C(c1cccs1)N(Cc1cccc(Cl)c1)C[C@@H]1CC(c2ccc(Cl)cc2)=NO1. The second-order valence-corrected chi connectivity index (χ2v) is 8.59. The highest BCUT2D eigenvalue weighted by Crippen LogP contribution is 2.22. The number of carbonyl (C=O) groups excluding carboxylic acids is 1. The van der Waals surface area contributed by atoms with Crippen molar-refractivity contribution in [2.45, 2.75) is 19.1 Å². The first-order valence-corrected chi connectivity index (χ1v) is 10.8. The van der Waals surface area contributed by atoms with Crippen LogP contribution in [0.25, 0.3) is 0 Å². The molecule has 1 amide bonds. The van der Waals surface area contributed by atoms with E-state index in [1.54, 1.807) is 4.90 Å². The van der Waals surface area contributed by atoms with Crippen molar-refractivity contribution in [3.05, 3.63) is 92.1 Å². The van der Waals surface area contributed by atoms with Crippen molar-refractivity contribution in [1.82, 2.24) is 4.90 Å². The molecule has 1 aliphatic rings. The van der Waals surface area contributed by atoms with Crippen molar-refractivity contribution >= 4 is 46.2 Å². The second-order valence-electron chi connectivity index (χ2n) is 6.77. The summed E-state index contributed by atoms with van der Waals surface area (Å²) in [6.07, 6.45) is 0.426. The van der Waals surface area contributed by atoms with Crippen molar-refractivity contribution in [3.63, 3.8) is 0 Å². The predicted molar refractivity (Wildman–Crippen MR) is 118 cm³/mol. The van der Waals surface area contributed by atoms with Crippen LogP contribution in [0.5, 0.6) is 0 Å². The standard InChI is InChI=1S/C22H18Cl2N2O2S/c23-17-8-6-16(7-9-17)20-12-19(28-25-20)14-26(22(27)21-5-2-10-29-21)13-15-3-1-4-18(24)11-15/h1-11,19H,12-14H2/t19-/m0/s1. The van der Waals surface area contributed by atoms with Crippen molar-refractivity contribution in [1.29, 1.82) is 0 Å². The molecule has 0 spiro atoms. The molecule has 0 bridgehead atoms. The molecule has 0 radical (unpaired) electrons. The Morgan fingerprint density at radius 2 is 1.93 bits per heavy atom. The first-order chi connectivity index (χ1) is 14.1. The Morgan fingerprint density at radius 1 is 1.10 bits per heavy atom. The molecule has 7 heteroatoms. The number of amides is 1. The Balaban J connectivity index is 1.48. The third kappa shape index (κ3) is 4.99. The van der Waals surface area contributed by atoms with Gasteiger partial charge >= 0.3 is 0 Å². The molecule has 2 heterocycles. The van der Waals surface area contributed by atoms with Gasteiger partial charge in [0, 0.05) is 23.0 Å². The van der Waals surface area contributed by atoms with E-state index in [1.807, 2.05) is 66.0 Å². The molecule has 3 aromatic rings. The van der Waals surface area contributed by atoms with E-state index < -0.39 is 0 Å². The molecule has 0 N–H and O–H groups in total. The Morgan fingerprint density at radius 3 is 2.66 bits per heavy atom. The summed E-state index contributed by atoms with van der Waals surface area (Å²) in [6, 6.07) is 18.8. The number of nitrogens with zero attached hydrogens (tertiary/aromatic N) is 2. The second kappa shape index (κ2) is 8.99. The van der Waals surface area contributed by atoms with E-state index >= 15 is 0 Å². The fraction of sp³-hybridized carbons (Fsp3) is 0.182. The van der Waals surface area contributed by atoms with Crippen LogP contribution in [-0.2, 0) is 11.4 Å². The number of hydrogen-bond acceptors (Lipinski definition) is 4. The number of halogens is 2. The normalized spacial score (nSPS) is 15.7. The summed E-state index contributed by atoms with van der Waals surface area (Å²) in [5, 5.41) is 7.46. The molecule has 1 aromatic heterocycles. The van der Waals surface area contributed by atoms with Gasteiger partial charge in [0.25, 0.3) is 5.91 Å². The van der Waals surface area contributed by atoms with Gasteiger partial charge in [-0.3, -0.25) is 4.79 Å². The Hall–Kier alpha value is -2.34. The van der Waals surface area contributed by atoms with Gasteiger partial charge in [0.15, 0.2) is 6.10 Å². The minimum Gasteiger partial charge on any atom is -0.390 e. The lowest BCUT2D eigenvalue weighted by molar-refractivity contribution is 0.0408. The lowest BCUT2D eigenvalue weighted by Crippen LogP contribution is -2.37. The van der Waals surface area contributed by atoms with Gasteiger partial charge in [0.05, 0.1) is 17.1 Å². The molecule has 0 saturated heterocycles. The van der Waals surface area contributed by atoms with Crippen LogP contribution in [0.1, 0.15) is 27.2 Å². The Labute approximate surface area is 183 Å². The largest absolute Gasteiger partial charge is 0.390 e.